The van der Waals surface area contributed by atoms with Crippen LogP contribution in [0.3, 0.4) is 0 Å². The number of carbonyl (C=O) groups is 1. The largest absolute Gasteiger partial charge is 0.343 e. The summed E-state index contributed by atoms with van der Waals surface area (Å²) in [4.78, 5) is 12.8. The average molecular weight is 390 g/mol. The third-order valence-corrected chi connectivity index (χ3v) is 7.02. The first-order valence-electron chi connectivity index (χ1n) is 9.01. The zero-order chi connectivity index (χ0) is 19.7. The fourth-order valence-electron chi connectivity index (χ4n) is 3.16. The second-order valence-electron chi connectivity index (χ2n) is 6.66. The smallest absolute Gasteiger partial charge is 0.251 e. The van der Waals surface area contributed by atoms with Gasteiger partial charge in [-0.2, -0.15) is 4.31 Å². The first-order chi connectivity index (χ1) is 12.8. The van der Waals surface area contributed by atoms with Crippen LogP contribution in [-0.4, -0.2) is 31.7 Å². The molecule has 0 radical (unpaired) electrons. The van der Waals surface area contributed by atoms with E-state index in [-0.39, 0.29) is 16.6 Å². The molecule has 0 aromatic heterocycles. The van der Waals surface area contributed by atoms with Gasteiger partial charge in [0.2, 0.25) is 10.0 Å². The van der Waals surface area contributed by atoms with Gasteiger partial charge in [0.1, 0.15) is 5.82 Å². The molecule has 0 bridgehead atoms. The molecule has 1 amide bonds. The van der Waals surface area contributed by atoms with Crippen molar-refractivity contribution < 1.29 is 17.6 Å². The molecule has 5 nitrogen and oxygen atoms in total. The van der Waals surface area contributed by atoms with Gasteiger partial charge in [0.25, 0.3) is 5.91 Å². The number of hydrogen-bond acceptors (Lipinski definition) is 3. The normalized spacial score (nSPS) is 15.6. The van der Waals surface area contributed by atoms with Crippen molar-refractivity contribution in [2.24, 2.45) is 0 Å². The Morgan fingerprint density at radius 2 is 1.59 bits per heavy atom. The van der Waals surface area contributed by atoms with E-state index in [1.807, 2.05) is 0 Å². The van der Waals surface area contributed by atoms with E-state index in [4.69, 9.17) is 0 Å². The van der Waals surface area contributed by atoms with E-state index in [2.05, 4.69) is 5.32 Å². The maximum Gasteiger partial charge on any atom is 0.251 e. The highest BCUT2D eigenvalue weighted by atomic mass is 32.2. The lowest BCUT2D eigenvalue weighted by molar-refractivity contribution is 0.0930. The summed E-state index contributed by atoms with van der Waals surface area (Å²) >= 11 is 0. The first kappa shape index (κ1) is 19.5. The molecule has 0 saturated heterocycles. The van der Waals surface area contributed by atoms with Crippen LogP contribution in [0.5, 0.6) is 0 Å². The Balaban J connectivity index is 1.76. The number of sulfonamides is 1. The Labute approximate surface area is 159 Å². The molecule has 1 N–H and O–H groups in total. The standard InChI is InChI=1S/C20H23FN2O3S/c1-3-23(4-2)27(25,26)18-11-5-15(6-12-18)19(24)22-20(13-14-20)16-7-9-17(21)10-8-16/h5-12H,3-4,13-14H2,1-2H3,(H,22,24). The molecule has 0 heterocycles. The molecule has 0 unspecified atom stereocenters. The topological polar surface area (TPSA) is 66.5 Å². The second-order valence-corrected chi connectivity index (χ2v) is 8.59. The first-order valence-corrected chi connectivity index (χ1v) is 10.4. The maximum absolute atomic E-state index is 13.1. The van der Waals surface area contributed by atoms with Crippen LogP contribution < -0.4 is 5.32 Å². The third kappa shape index (κ3) is 3.89. The minimum Gasteiger partial charge on any atom is -0.343 e. The number of benzene rings is 2. The summed E-state index contributed by atoms with van der Waals surface area (Å²) in [6.07, 6.45) is 1.58. The van der Waals surface area contributed by atoms with Gasteiger partial charge >= 0.3 is 0 Å². The Hall–Kier alpha value is -2.25. The number of rotatable bonds is 7. The summed E-state index contributed by atoms with van der Waals surface area (Å²) in [6.45, 7) is 4.35. The predicted molar refractivity (Wildman–Crippen MR) is 101 cm³/mol. The van der Waals surface area contributed by atoms with E-state index in [0.717, 1.165) is 18.4 Å². The third-order valence-electron chi connectivity index (χ3n) is 4.96. The van der Waals surface area contributed by atoms with Crippen LogP contribution in [0.4, 0.5) is 4.39 Å². The maximum atomic E-state index is 13.1. The van der Waals surface area contributed by atoms with Gasteiger partial charge in [0.05, 0.1) is 10.4 Å². The molecule has 7 heteroatoms. The number of carbonyl (C=O) groups excluding carboxylic acids is 1. The Morgan fingerprint density at radius 3 is 2.07 bits per heavy atom. The van der Waals surface area contributed by atoms with Gasteiger partial charge in [-0.05, 0) is 54.8 Å². The molecule has 0 atom stereocenters. The van der Waals surface area contributed by atoms with Gasteiger partial charge in [0.15, 0.2) is 0 Å². The predicted octanol–water partition coefficient (Wildman–Crippen LogP) is 3.28. The van der Waals surface area contributed by atoms with Crippen LogP contribution in [0.15, 0.2) is 53.4 Å². The van der Waals surface area contributed by atoms with E-state index in [1.54, 1.807) is 26.0 Å². The lowest BCUT2D eigenvalue weighted by Gasteiger charge is -2.19. The molecule has 1 fully saturated rings. The van der Waals surface area contributed by atoms with Gasteiger partial charge in [-0.15, -0.1) is 0 Å². The van der Waals surface area contributed by atoms with Gasteiger partial charge in [-0.3, -0.25) is 4.79 Å². The van der Waals surface area contributed by atoms with Crippen LogP contribution in [0.2, 0.25) is 0 Å². The Kier molecular flexibility index (Phi) is 5.35. The van der Waals surface area contributed by atoms with Crippen LogP contribution in [0, 0.1) is 5.82 Å². The number of nitrogens with zero attached hydrogens (tertiary/aromatic N) is 1. The summed E-state index contributed by atoms with van der Waals surface area (Å²) in [7, 11) is -3.55. The molecule has 1 aliphatic rings. The van der Waals surface area contributed by atoms with Crippen LogP contribution in [-0.2, 0) is 15.6 Å². The molecule has 1 saturated carbocycles. The van der Waals surface area contributed by atoms with Gasteiger partial charge < -0.3 is 5.32 Å². The molecule has 3 rings (SSSR count). The number of hydrogen-bond donors (Lipinski definition) is 1. The van der Waals surface area contributed by atoms with Crippen LogP contribution in [0.25, 0.3) is 0 Å². The summed E-state index contributed by atoms with van der Waals surface area (Å²) in [6, 6.07) is 12.1. The molecule has 1 aliphatic carbocycles. The molecule has 144 valence electrons. The van der Waals surface area contributed by atoms with Crippen molar-refractivity contribution in [3.8, 4) is 0 Å². The number of halogens is 1. The van der Waals surface area contributed by atoms with Crippen molar-refractivity contribution in [1.82, 2.24) is 9.62 Å². The number of nitrogens with one attached hydrogen (secondary N) is 1. The Bertz CT molecular complexity index is 917. The summed E-state index contributed by atoms with van der Waals surface area (Å²) in [5.74, 6) is -0.588. The zero-order valence-corrected chi connectivity index (χ0v) is 16.2. The second kappa shape index (κ2) is 7.40. The van der Waals surface area contributed by atoms with E-state index in [0.29, 0.717) is 18.7 Å². The zero-order valence-electron chi connectivity index (χ0n) is 15.4. The lowest BCUT2D eigenvalue weighted by atomic mass is 10.0. The molecular formula is C20H23FN2O3S. The van der Waals surface area contributed by atoms with Crippen LogP contribution >= 0.6 is 0 Å². The van der Waals surface area contributed by atoms with Gasteiger partial charge in [0, 0.05) is 18.7 Å². The SMILES string of the molecule is CCN(CC)S(=O)(=O)c1ccc(C(=O)NC2(c3ccc(F)cc3)CC2)cc1. The van der Waals surface area contributed by atoms with Crippen molar-refractivity contribution >= 4 is 15.9 Å². The molecule has 2 aromatic rings. The van der Waals surface area contributed by atoms with Gasteiger partial charge in [-0.1, -0.05) is 26.0 Å². The Morgan fingerprint density at radius 1 is 1.04 bits per heavy atom. The van der Waals surface area contributed by atoms with E-state index in [9.17, 15) is 17.6 Å². The average Bonchev–Trinajstić information content (AvgIpc) is 3.43. The molecule has 27 heavy (non-hydrogen) atoms. The monoisotopic (exact) mass is 390 g/mol. The van der Waals surface area contributed by atoms with Crippen molar-refractivity contribution in [3.05, 3.63) is 65.5 Å². The van der Waals surface area contributed by atoms with Crippen LogP contribution in [0.1, 0.15) is 42.6 Å². The van der Waals surface area contributed by atoms with Crippen molar-refractivity contribution in [1.29, 1.82) is 0 Å². The minimum absolute atomic E-state index is 0.169. The summed E-state index contributed by atoms with van der Waals surface area (Å²) < 4.78 is 39.5. The molecule has 0 aliphatic heterocycles. The summed E-state index contributed by atoms with van der Waals surface area (Å²) in [5.41, 5.74) is 0.802. The lowest BCUT2D eigenvalue weighted by Crippen LogP contribution is -2.35. The highest BCUT2D eigenvalue weighted by Crippen LogP contribution is 2.45. The fraction of sp³-hybridized carbons (Fsp3) is 0.350. The molecular weight excluding hydrogens is 367 g/mol. The van der Waals surface area contributed by atoms with E-state index < -0.39 is 15.6 Å². The van der Waals surface area contributed by atoms with E-state index >= 15 is 0 Å². The summed E-state index contributed by atoms with van der Waals surface area (Å²) in [5, 5.41) is 3.00. The van der Waals surface area contributed by atoms with Gasteiger partial charge in [-0.25, -0.2) is 12.8 Å². The van der Waals surface area contributed by atoms with Crippen molar-refractivity contribution in [2.75, 3.05) is 13.1 Å². The number of amides is 1. The van der Waals surface area contributed by atoms with Crippen molar-refractivity contribution in [3.63, 3.8) is 0 Å². The molecule has 0 spiro atoms. The van der Waals surface area contributed by atoms with E-state index in [1.165, 1.54) is 40.7 Å². The minimum atomic E-state index is -3.55. The quantitative estimate of drug-likeness (QED) is 0.789. The highest BCUT2D eigenvalue weighted by molar-refractivity contribution is 7.89. The molecule has 2 aromatic carbocycles. The highest BCUT2D eigenvalue weighted by Gasteiger charge is 2.45. The fourth-order valence-corrected chi connectivity index (χ4v) is 4.62. The van der Waals surface area contributed by atoms with Crippen molar-refractivity contribution in [2.45, 2.75) is 37.1 Å².